The topological polar surface area (TPSA) is 99.6 Å². The lowest BCUT2D eigenvalue weighted by atomic mass is 10.1. The zero-order valence-corrected chi connectivity index (χ0v) is 14.8. The van der Waals surface area contributed by atoms with Crippen LogP contribution in [0.1, 0.15) is 0 Å². The van der Waals surface area contributed by atoms with E-state index in [-0.39, 0.29) is 5.16 Å². The number of nitrogens with zero attached hydrogens (tertiary/aromatic N) is 4. The van der Waals surface area contributed by atoms with E-state index in [2.05, 4.69) is 15.0 Å². The Hall–Kier alpha value is -3.20. The summed E-state index contributed by atoms with van der Waals surface area (Å²) in [6, 6.07) is 9.03. The first-order chi connectivity index (χ1) is 12.5. The van der Waals surface area contributed by atoms with Crippen molar-refractivity contribution in [3.63, 3.8) is 0 Å². The zero-order valence-electron chi connectivity index (χ0n) is 13.9. The molecule has 0 radical (unpaired) electrons. The van der Waals surface area contributed by atoms with Crippen molar-refractivity contribution >= 4 is 15.7 Å². The van der Waals surface area contributed by atoms with E-state index >= 15 is 0 Å². The summed E-state index contributed by atoms with van der Waals surface area (Å²) in [6.07, 6.45) is 5.68. The number of rotatable bonds is 4. The average molecular weight is 370 g/mol. The third kappa shape index (κ3) is 2.72. The predicted molar refractivity (Wildman–Crippen MR) is 93.6 cm³/mol. The van der Waals surface area contributed by atoms with E-state index in [9.17, 15) is 8.42 Å². The van der Waals surface area contributed by atoms with E-state index < -0.39 is 9.84 Å². The van der Waals surface area contributed by atoms with E-state index in [4.69, 9.17) is 9.15 Å². The molecule has 1 aromatic carbocycles. The minimum Gasteiger partial charge on any atom is -0.497 e. The third-order valence-electron chi connectivity index (χ3n) is 3.81. The summed E-state index contributed by atoms with van der Waals surface area (Å²) in [7, 11) is -1.95. The zero-order chi connectivity index (χ0) is 18.3. The largest absolute Gasteiger partial charge is 0.497 e. The minimum absolute atomic E-state index is 0.245. The predicted octanol–water partition coefficient (Wildman–Crippen LogP) is 2.46. The lowest BCUT2D eigenvalue weighted by Gasteiger charge is -2.06. The van der Waals surface area contributed by atoms with Gasteiger partial charge in [-0.05, 0) is 18.2 Å². The number of ether oxygens (including phenoxy) is 1. The van der Waals surface area contributed by atoms with Crippen molar-refractivity contribution in [3.8, 4) is 28.4 Å². The normalized spacial score (nSPS) is 11.8. The number of aromatic nitrogens is 4. The highest BCUT2D eigenvalue weighted by atomic mass is 32.2. The molecule has 0 saturated heterocycles. The summed E-state index contributed by atoms with van der Waals surface area (Å²) in [5.74, 6) is 1.05. The molecular weight excluding hydrogens is 356 g/mol. The molecule has 9 heteroatoms. The molecule has 0 N–H and O–H groups in total. The van der Waals surface area contributed by atoms with Gasteiger partial charge < -0.3 is 9.15 Å². The lowest BCUT2D eigenvalue weighted by molar-refractivity contribution is 0.415. The number of hydrogen-bond acceptors (Lipinski definition) is 7. The van der Waals surface area contributed by atoms with Crippen LogP contribution in [0.5, 0.6) is 5.75 Å². The van der Waals surface area contributed by atoms with Crippen molar-refractivity contribution in [2.45, 2.75) is 5.16 Å². The minimum atomic E-state index is -3.54. The smallest absolute Gasteiger partial charge is 0.306 e. The van der Waals surface area contributed by atoms with E-state index in [1.165, 1.54) is 12.5 Å². The number of methoxy groups -OCH3 is 1. The molecule has 0 unspecified atom stereocenters. The summed E-state index contributed by atoms with van der Waals surface area (Å²) >= 11 is 0. The number of imidazole rings is 1. The third-order valence-corrected chi connectivity index (χ3v) is 4.67. The van der Waals surface area contributed by atoms with Crippen LogP contribution in [0.2, 0.25) is 0 Å². The van der Waals surface area contributed by atoms with Crippen molar-refractivity contribution in [1.82, 2.24) is 19.4 Å². The fourth-order valence-corrected chi connectivity index (χ4v) is 3.17. The Morgan fingerprint density at radius 3 is 2.81 bits per heavy atom. The Morgan fingerprint density at radius 2 is 2.04 bits per heavy atom. The molecule has 3 heterocycles. The van der Waals surface area contributed by atoms with Gasteiger partial charge in [-0.2, -0.15) is 4.98 Å². The molecule has 4 rings (SSSR count). The summed E-state index contributed by atoms with van der Waals surface area (Å²) in [5.41, 5.74) is 2.42. The van der Waals surface area contributed by atoms with Crippen LogP contribution in [0.4, 0.5) is 0 Å². The molecule has 0 atom stereocenters. The summed E-state index contributed by atoms with van der Waals surface area (Å²) in [4.78, 5) is 12.6. The highest BCUT2D eigenvalue weighted by Gasteiger charge is 2.21. The van der Waals surface area contributed by atoms with Crippen molar-refractivity contribution in [2.24, 2.45) is 0 Å². The molecule has 0 spiro atoms. The molecule has 0 fully saturated rings. The molecule has 132 valence electrons. The molecule has 8 nitrogen and oxygen atoms in total. The Kier molecular flexibility index (Phi) is 3.73. The van der Waals surface area contributed by atoms with Gasteiger partial charge in [0.15, 0.2) is 0 Å². The fraction of sp³-hybridized carbons (Fsp3) is 0.118. The standard InChI is InChI=1S/C17H14N4O4S/c1-24-12-5-3-4-11(10-12)14-15(21-8-9-25-17(21)20-14)13-6-7-18-16(19-13)26(2,22)23/h3-10H,1-2H3. The second-order valence-corrected chi connectivity index (χ2v) is 7.50. The van der Waals surface area contributed by atoms with Crippen LogP contribution < -0.4 is 4.74 Å². The molecular formula is C17H14N4O4S. The van der Waals surface area contributed by atoms with Gasteiger partial charge in [-0.3, -0.25) is 4.40 Å². The molecule has 3 aromatic heterocycles. The first-order valence-corrected chi connectivity index (χ1v) is 9.50. The second kappa shape index (κ2) is 5.95. The summed E-state index contributed by atoms with van der Waals surface area (Å²) in [6.45, 7) is 0. The number of oxazole rings is 1. The number of sulfone groups is 1. The van der Waals surface area contributed by atoms with Gasteiger partial charge in [0.05, 0.1) is 12.8 Å². The highest BCUT2D eigenvalue weighted by molar-refractivity contribution is 7.90. The van der Waals surface area contributed by atoms with Crippen LogP contribution in [0.3, 0.4) is 0 Å². The Morgan fingerprint density at radius 1 is 1.19 bits per heavy atom. The number of fused-ring (bicyclic) bond motifs is 1. The average Bonchev–Trinajstić information content (AvgIpc) is 3.22. The van der Waals surface area contributed by atoms with Crippen LogP contribution in [0, 0.1) is 0 Å². The monoisotopic (exact) mass is 370 g/mol. The fourth-order valence-electron chi connectivity index (χ4n) is 2.65. The van der Waals surface area contributed by atoms with E-state index in [0.717, 1.165) is 11.8 Å². The van der Waals surface area contributed by atoms with Gasteiger partial charge >= 0.3 is 5.84 Å². The van der Waals surface area contributed by atoms with Gasteiger partial charge in [-0.25, -0.2) is 18.4 Å². The lowest BCUT2D eigenvalue weighted by Crippen LogP contribution is -2.05. The summed E-state index contributed by atoms with van der Waals surface area (Å²) < 4.78 is 36.0. The Labute approximate surface area is 149 Å². The molecule has 0 amide bonds. The van der Waals surface area contributed by atoms with E-state index in [0.29, 0.717) is 28.7 Å². The van der Waals surface area contributed by atoms with Gasteiger partial charge in [-0.15, -0.1) is 0 Å². The maximum atomic E-state index is 11.8. The first kappa shape index (κ1) is 16.3. The molecule has 0 aliphatic carbocycles. The molecule has 0 saturated carbocycles. The highest BCUT2D eigenvalue weighted by Crippen LogP contribution is 2.33. The van der Waals surface area contributed by atoms with Crippen LogP contribution in [0.25, 0.3) is 28.5 Å². The van der Waals surface area contributed by atoms with Crippen LogP contribution in [-0.4, -0.2) is 41.1 Å². The van der Waals surface area contributed by atoms with E-state index in [1.807, 2.05) is 24.3 Å². The molecule has 0 aliphatic rings. The van der Waals surface area contributed by atoms with Crippen molar-refractivity contribution in [3.05, 3.63) is 49.0 Å². The van der Waals surface area contributed by atoms with Gasteiger partial charge in [0.25, 0.3) is 0 Å². The number of hydrogen-bond donors (Lipinski definition) is 0. The van der Waals surface area contributed by atoms with Gasteiger partial charge in [0, 0.05) is 24.2 Å². The Bertz CT molecular complexity index is 1210. The SMILES string of the molecule is COc1cccc(-c2nc3occn3c2-c2ccnc(S(C)(=O)=O)n2)c1. The molecule has 0 aliphatic heterocycles. The second-order valence-electron chi connectivity index (χ2n) is 5.59. The van der Waals surface area contributed by atoms with Crippen molar-refractivity contribution < 1.29 is 17.6 Å². The van der Waals surface area contributed by atoms with Gasteiger partial charge in [0.2, 0.25) is 15.0 Å². The maximum absolute atomic E-state index is 11.8. The molecule has 0 bridgehead atoms. The maximum Gasteiger partial charge on any atom is 0.306 e. The first-order valence-electron chi connectivity index (χ1n) is 7.61. The quantitative estimate of drug-likeness (QED) is 0.509. The summed E-state index contributed by atoms with van der Waals surface area (Å²) in [5, 5.41) is -0.245. The van der Waals surface area contributed by atoms with Gasteiger partial charge in [0.1, 0.15) is 23.4 Å². The molecule has 26 heavy (non-hydrogen) atoms. The van der Waals surface area contributed by atoms with Crippen molar-refractivity contribution in [2.75, 3.05) is 13.4 Å². The van der Waals surface area contributed by atoms with E-state index in [1.54, 1.807) is 23.8 Å². The molecule has 4 aromatic rings. The number of benzene rings is 1. The van der Waals surface area contributed by atoms with Crippen LogP contribution in [-0.2, 0) is 9.84 Å². The van der Waals surface area contributed by atoms with Crippen molar-refractivity contribution in [1.29, 1.82) is 0 Å². The van der Waals surface area contributed by atoms with Crippen LogP contribution in [0.15, 0.2) is 58.6 Å². The Balaban J connectivity index is 1.99. The van der Waals surface area contributed by atoms with Crippen LogP contribution >= 0.6 is 0 Å². The van der Waals surface area contributed by atoms with Gasteiger partial charge in [-0.1, -0.05) is 12.1 Å².